The van der Waals surface area contributed by atoms with E-state index in [1.807, 2.05) is 44.2 Å². The van der Waals surface area contributed by atoms with E-state index in [9.17, 15) is 9.59 Å². The smallest absolute Gasteiger partial charge is 0.408 e. The molecule has 2 N–H and O–H groups in total. The van der Waals surface area contributed by atoms with Crippen LogP contribution in [0.3, 0.4) is 0 Å². The monoisotopic (exact) mass is 348 g/mol. The fraction of sp³-hybridized carbons (Fsp3) is 0.353. The van der Waals surface area contributed by atoms with Crippen LogP contribution < -0.4 is 5.32 Å². The normalized spacial score (nSPS) is 12.0. The number of aromatic carboxylic acids is 1. The Bertz CT molecular complexity index is 685. The largest absolute Gasteiger partial charge is 0.476 e. The molecular weight excluding hydrogens is 328 g/mol. The van der Waals surface area contributed by atoms with Gasteiger partial charge in [-0.25, -0.2) is 14.6 Å². The molecular formula is C17H20N2O4S. The van der Waals surface area contributed by atoms with Crippen molar-refractivity contribution < 1.29 is 19.4 Å². The summed E-state index contributed by atoms with van der Waals surface area (Å²) in [5.74, 6) is -0.763. The van der Waals surface area contributed by atoms with Crippen LogP contribution in [0.5, 0.6) is 0 Å². The number of carbonyl (C=O) groups excluding carboxylic acids is 1. The first-order valence-electron chi connectivity index (χ1n) is 7.61. The Morgan fingerprint density at radius 2 is 2.00 bits per heavy atom. The molecule has 0 saturated carbocycles. The second-order valence-corrected chi connectivity index (χ2v) is 6.63. The van der Waals surface area contributed by atoms with E-state index in [2.05, 4.69) is 10.3 Å². The Labute approximate surface area is 144 Å². The number of ether oxygens (including phenoxy) is 1. The highest BCUT2D eigenvalue weighted by Gasteiger charge is 2.21. The van der Waals surface area contributed by atoms with E-state index in [0.29, 0.717) is 18.0 Å². The van der Waals surface area contributed by atoms with Gasteiger partial charge in [-0.3, -0.25) is 0 Å². The van der Waals surface area contributed by atoms with Gasteiger partial charge in [0.2, 0.25) is 5.01 Å². The summed E-state index contributed by atoms with van der Waals surface area (Å²) in [6.07, 6.45) is 0.0952. The van der Waals surface area contributed by atoms with Crippen LogP contribution in [0.1, 0.15) is 47.4 Å². The second-order valence-electron chi connectivity index (χ2n) is 5.77. The van der Waals surface area contributed by atoms with E-state index >= 15 is 0 Å². The topological polar surface area (TPSA) is 88.5 Å². The van der Waals surface area contributed by atoms with Gasteiger partial charge in [-0.1, -0.05) is 44.2 Å². The van der Waals surface area contributed by atoms with Crippen molar-refractivity contribution in [2.24, 2.45) is 5.92 Å². The van der Waals surface area contributed by atoms with Gasteiger partial charge in [0.25, 0.3) is 0 Å². The Morgan fingerprint density at radius 3 is 2.58 bits per heavy atom. The van der Waals surface area contributed by atoms with Gasteiger partial charge >= 0.3 is 12.1 Å². The van der Waals surface area contributed by atoms with E-state index < -0.39 is 12.1 Å². The number of nitrogens with zero attached hydrogens (tertiary/aromatic N) is 1. The van der Waals surface area contributed by atoms with Crippen molar-refractivity contribution in [2.45, 2.75) is 32.9 Å². The van der Waals surface area contributed by atoms with Crippen LogP contribution in [0.2, 0.25) is 0 Å². The highest BCUT2D eigenvalue weighted by atomic mass is 32.1. The summed E-state index contributed by atoms with van der Waals surface area (Å²) < 4.78 is 5.23. The van der Waals surface area contributed by atoms with Crippen molar-refractivity contribution in [1.82, 2.24) is 10.3 Å². The van der Waals surface area contributed by atoms with Crippen LogP contribution in [0, 0.1) is 5.92 Å². The number of carbonyl (C=O) groups is 2. The molecule has 1 aromatic carbocycles. The quantitative estimate of drug-likeness (QED) is 0.793. The Hall–Kier alpha value is -2.41. The zero-order chi connectivity index (χ0) is 17.5. The first kappa shape index (κ1) is 17.9. The standard InChI is InChI=1S/C17H20N2O4S/c1-11(2)8-13(14-10-24-15(18-14)16(20)21)19-17(22)23-9-12-6-4-3-5-7-12/h3-7,10-11,13H,8-9H2,1-2H3,(H,19,22)(H,20,21). The van der Waals surface area contributed by atoms with Crippen LogP contribution in [0.4, 0.5) is 4.79 Å². The molecule has 1 heterocycles. The van der Waals surface area contributed by atoms with Crippen LogP contribution in [-0.2, 0) is 11.3 Å². The molecule has 0 bridgehead atoms. The van der Waals surface area contributed by atoms with Crippen molar-refractivity contribution in [3.05, 3.63) is 52.0 Å². The minimum absolute atomic E-state index is 0.0122. The molecule has 1 atom stereocenters. The van der Waals surface area contributed by atoms with E-state index in [1.165, 1.54) is 0 Å². The fourth-order valence-corrected chi connectivity index (χ4v) is 2.88. The third kappa shape index (κ3) is 5.34. The number of benzene rings is 1. The zero-order valence-corrected chi connectivity index (χ0v) is 14.4. The second kappa shape index (κ2) is 8.44. The van der Waals surface area contributed by atoms with Crippen molar-refractivity contribution in [3.63, 3.8) is 0 Å². The van der Waals surface area contributed by atoms with Gasteiger partial charge in [-0.05, 0) is 17.9 Å². The molecule has 0 saturated heterocycles. The molecule has 2 rings (SSSR count). The van der Waals surface area contributed by atoms with E-state index in [0.717, 1.165) is 16.9 Å². The molecule has 128 valence electrons. The molecule has 0 radical (unpaired) electrons. The predicted molar refractivity (Wildman–Crippen MR) is 91.0 cm³/mol. The number of hydrogen-bond acceptors (Lipinski definition) is 5. The van der Waals surface area contributed by atoms with Crippen LogP contribution in [-0.4, -0.2) is 22.2 Å². The highest BCUT2D eigenvalue weighted by molar-refractivity contribution is 7.11. The highest BCUT2D eigenvalue weighted by Crippen LogP contribution is 2.23. The number of alkyl carbamates (subject to hydrolysis) is 1. The number of carboxylic acid groups (broad SMARTS) is 1. The first-order chi connectivity index (χ1) is 11.5. The van der Waals surface area contributed by atoms with Crippen LogP contribution in [0.25, 0.3) is 0 Å². The number of carboxylic acids is 1. The van der Waals surface area contributed by atoms with Gasteiger partial charge in [0.15, 0.2) is 0 Å². The third-order valence-corrected chi connectivity index (χ3v) is 4.12. The molecule has 0 aliphatic rings. The predicted octanol–water partition coefficient (Wildman–Crippen LogP) is 3.85. The molecule has 7 heteroatoms. The molecule has 0 spiro atoms. The molecule has 0 aliphatic heterocycles. The summed E-state index contributed by atoms with van der Waals surface area (Å²) in [4.78, 5) is 27.1. The molecule has 0 aliphatic carbocycles. The lowest BCUT2D eigenvalue weighted by Crippen LogP contribution is -2.30. The molecule has 1 aromatic heterocycles. The summed E-state index contributed by atoms with van der Waals surface area (Å²) in [7, 11) is 0. The molecule has 6 nitrogen and oxygen atoms in total. The number of hydrogen-bond donors (Lipinski definition) is 2. The van der Waals surface area contributed by atoms with Crippen LogP contribution >= 0.6 is 11.3 Å². The number of thiazole rings is 1. The van der Waals surface area contributed by atoms with E-state index in [-0.39, 0.29) is 17.7 Å². The van der Waals surface area contributed by atoms with Gasteiger partial charge in [0, 0.05) is 5.38 Å². The lowest BCUT2D eigenvalue weighted by atomic mass is 10.0. The van der Waals surface area contributed by atoms with Crippen LogP contribution in [0.15, 0.2) is 35.7 Å². The summed E-state index contributed by atoms with van der Waals surface area (Å²) >= 11 is 1.05. The average molecular weight is 348 g/mol. The minimum Gasteiger partial charge on any atom is -0.476 e. The van der Waals surface area contributed by atoms with Gasteiger partial charge < -0.3 is 15.2 Å². The molecule has 1 amide bonds. The minimum atomic E-state index is -1.07. The number of amides is 1. The average Bonchev–Trinajstić information content (AvgIpc) is 3.03. The summed E-state index contributed by atoms with van der Waals surface area (Å²) in [5.41, 5.74) is 1.44. The first-order valence-corrected chi connectivity index (χ1v) is 8.49. The Morgan fingerprint density at radius 1 is 1.29 bits per heavy atom. The lowest BCUT2D eigenvalue weighted by molar-refractivity contribution is 0.0696. The molecule has 0 fully saturated rings. The summed E-state index contributed by atoms with van der Waals surface area (Å²) in [5, 5.41) is 13.4. The SMILES string of the molecule is CC(C)CC(NC(=O)OCc1ccccc1)c1csc(C(=O)O)n1. The van der Waals surface area contributed by atoms with Crippen molar-refractivity contribution in [3.8, 4) is 0 Å². The third-order valence-electron chi connectivity index (χ3n) is 3.27. The van der Waals surface area contributed by atoms with Gasteiger partial charge in [-0.15, -0.1) is 11.3 Å². The van der Waals surface area contributed by atoms with Crippen molar-refractivity contribution in [1.29, 1.82) is 0 Å². The number of rotatable bonds is 7. The lowest BCUT2D eigenvalue weighted by Gasteiger charge is -2.18. The van der Waals surface area contributed by atoms with Gasteiger partial charge in [0.1, 0.15) is 6.61 Å². The number of aromatic nitrogens is 1. The molecule has 24 heavy (non-hydrogen) atoms. The fourth-order valence-electron chi connectivity index (χ4n) is 2.18. The maximum absolute atomic E-state index is 12.0. The van der Waals surface area contributed by atoms with Gasteiger partial charge in [0.05, 0.1) is 11.7 Å². The molecule has 1 unspecified atom stereocenters. The summed E-state index contributed by atoms with van der Waals surface area (Å²) in [6.45, 7) is 4.22. The van der Waals surface area contributed by atoms with Crippen molar-refractivity contribution >= 4 is 23.4 Å². The van der Waals surface area contributed by atoms with Gasteiger partial charge in [-0.2, -0.15) is 0 Å². The Balaban J connectivity index is 1.99. The van der Waals surface area contributed by atoms with E-state index in [1.54, 1.807) is 5.38 Å². The maximum atomic E-state index is 12.0. The summed E-state index contributed by atoms with van der Waals surface area (Å²) in [6, 6.07) is 9.01. The Kier molecular flexibility index (Phi) is 6.31. The van der Waals surface area contributed by atoms with Crippen molar-refractivity contribution in [2.75, 3.05) is 0 Å². The molecule has 2 aromatic rings. The maximum Gasteiger partial charge on any atom is 0.408 e. The zero-order valence-electron chi connectivity index (χ0n) is 13.6. The number of nitrogens with one attached hydrogen (secondary N) is 1. The van der Waals surface area contributed by atoms with E-state index in [4.69, 9.17) is 9.84 Å².